The third kappa shape index (κ3) is 8.35. The van der Waals surface area contributed by atoms with Crippen LogP contribution in [0.25, 0.3) is 0 Å². The number of methoxy groups -OCH3 is 1. The Labute approximate surface area is 211 Å². The van der Waals surface area contributed by atoms with Gasteiger partial charge in [-0.15, -0.1) is 0 Å². The molecule has 3 rings (SSSR count). The summed E-state index contributed by atoms with van der Waals surface area (Å²) in [4.78, 5) is 38.3. The molecule has 1 fully saturated rings. The van der Waals surface area contributed by atoms with Crippen LogP contribution < -0.4 is 15.4 Å². The van der Waals surface area contributed by atoms with Gasteiger partial charge in [0.25, 0.3) is 0 Å². The molecule has 1 saturated heterocycles. The van der Waals surface area contributed by atoms with Gasteiger partial charge in [0.15, 0.2) is 0 Å². The monoisotopic (exact) mass is 498 g/mol. The molecule has 0 saturated carbocycles. The van der Waals surface area contributed by atoms with Gasteiger partial charge >= 0.3 is 5.97 Å². The Balaban J connectivity index is 1.62. The summed E-state index contributed by atoms with van der Waals surface area (Å²) in [5.41, 5.74) is 0.486. The Kier molecular flexibility index (Phi) is 9.84. The summed E-state index contributed by atoms with van der Waals surface area (Å²) in [5, 5.41) is 15.9. The number of hydrogen-bond acceptors (Lipinski definition) is 7. The lowest BCUT2D eigenvalue weighted by Gasteiger charge is -2.31. The summed E-state index contributed by atoms with van der Waals surface area (Å²) >= 11 is 0. The number of carbonyl (C=O) groups is 3. The Morgan fingerprint density at radius 1 is 1.00 bits per heavy atom. The van der Waals surface area contributed by atoms with E-state index >= 15 is 0 Å². The molecule has 2 aromatic carbocycles. The van der Waals surface area contributed by atoms with Crippen molar-refractivity contribution in [1.82, 2.24) is 10.6 Å². The molecule has 2 aromatic rings. The molecule has 1 heterocycles. The van der Waals surface area contributed by atoms with Crippen molar-refractivity contribution in [3.63, 3.8) is 0 Å². The van der Waals surface area contributed by atoms with Crippen LogP contribution in [-0.2, 0) is 36.9 Å². The largest absolute Gasteiger partial charge is 0.497 e. The maximum atomic E-state index is 12.9. The molecule has 2 amide bonds. The van der Waals surface area contributed by atoms with Crippen molar-refractivity contribution in [3.05, 3.63) is 65.7 Å². The van der Waals surface area contributed by atoms with E-state index in [1.165, 1.54) is 6.92 Å². The van der Waals surface area contributed by atoms with Crippen molar-refractivity contribution in [1.29, 1.82) is 0 Å². The van der Waals surface area contributed by atoms with Crippen LogP contribution in [0.5, 0.6) is 5.75 Å². The predicted octanol–water partition coefficient (Wildman–Crippen LogP) is 1.90. The highest BCUT2D eigenvalue weighted by atomic mass is 16.5. The molecule has 0 bridgehead atoms. The van der Waals surface area contributed by atoms with Crippen LogP contribution in [-0.4, -0.2) is 60.9 Å². The van der Waals surface area contributed by atoms with Crippen LogP contribution in [0.4, 0.5) is 0 Å². The molecule has 2 atom stereocenters. The summed E-state index contributed by atoms with van der Waals surface area (Å²) in [5.74, 6) is -0.885. The number of ether oxygens (including phenoxy) is 3. The first-order chi connectivity index (χ1) is 17.3. The molecular weight excluding hydrogens is 464 g/mol. The van der Waals surface area contributed by atoms with E-state index in [2.05, 4.69) is 10.6 Å². The van der Waals surface area contributed by atoms with Crippen LogP contribution in [0.1, 0.15) is 37.3 Å². The van der Waals surface area contributed by atoms with E-state index in [0.29, 0.717) is 31.8 Å². The average Bonchev–Trinajstić information content (AvgIpc) is 2.87. The SMILES string of the molecule is COc1ccc(C[C@H](NC(=O)[C@H](C)NC(=O)CC2(O)CCOCC2)C(=O)OCc2ccccc2)cc1. The van der Waals surface area contributed by atoms with Gasteiger partial charge in [0.1, 0.15) is 24.4 Å². The van der Waals surface area contributed by atoms with Gasteiger partial charge in [-0.2, -0.15) is 0 Å². The number of aliphatic hydroxyl groups is 1. The van der Waals surface area contributed by atoms with Gasteiger partial charge in [-0.3, -0.25) is 9.59 Å². The van der Waals surface area contributed by atoms with Gasteiger partial charge < -0.3 is 30.0 Å². The molecule has 0 unspecified atom stereocenters. The minimum absolute atomic E-state index is 0.0727. The molecule has 194 valence electrons. The van der Waals surface area contributed by atoms with Gasteiger partial charge in [0, 0.05) is 32.5 Å². The zero-order chi connectivity index (χ0) is 26.0. The zero-order valence-corrected chi connectivity index (χ0v) is 20.7. The van der Waals surface area contributed by atoms with Crippen molar-refractivity contribution >= 4 is 17.8 Å². The second-order valence-electron chi connectivity index (χ2n) is 9.01. The molecule has 1 aliphatic rings. The van der Waals surface area contributed by atoms with Crippen molar-refractivity contribution in [3.8, 4) is 5.75 Å². The number of amides is 2. The van der Waals surface area contributed by atoms with Crippen molar-refractivity contribution in [2.24, 2.45) is 0 Å². The third-order valence-corrected chi connectivity index (χ3v) is 6.11. The van der Waals surface area contributed by atoms with E-state index in [-0.39, 0.29) is 19.4 Å². The van der Waals surface area contributed by atoms with Gasteiger partial charge in [-0.1, -0.05) is 42.5 Å². The van der Waals surface area contributed by atoms with Crippen LogP contribution in [0.15, 0.2) is 54.6 Å². The molecule has 0 radical (unpaired) electrons. The van der Waals surface area contributed by atoms with Crippen LogP contribution in [0.3, 0.4) is 0 Å². The maximum Gasteiger partial charge on any atom is 0.329 e. The Hall–Kier alpha value is -3.43. The number of benzene rings is 2. The van der Waals surface area contributed by atoms with E-state index in [1.54, 1.807) is 19.2 Å². The van der Waals surface area contributed by atoms with Crippen LogP contribution >= 0.6 is 0 Å². The molecule has 9 nitrogen and oxygen atoms in total. The smallest absolute Gasteiger partial charge is 0.329 e. The first-order valence-electron chi connectivity index (χ1n) is 12.0. The highest BCUT2D eigenvalue weighted by molar-refractivity contribution is 5.90. The summed E-state index contributed by atoms with van der Waals surface area (Å²) in [6, 6.07) is 14.5. The standard InChI is InChI=1S/C27H34N2O7/c1-19(28-24(30)17-27(33)12-14-35-15-13-27)25(31)29-23(16-20-8-10-22(34-2)11-9-20)26(32)36-18-21-6-4-3-5-7-21/h3-11,19,23,33H,12-18H2,1-2H3,(H,28,30)(H,29,31)/t19-,23-/m0/s1. The van der Waals surface area contributed by atoms with Gasteiger partial charge in [0.2, 0.25) is 11.8 Å². The van der Waals surface area contributed by atoms with E-state index in [0.717, 1.165) is 11.1 Å². The van der Waals surface area contributed by atoms with Crippen LogP contribution in [0, 0.1) is 0 Å². The lowest BCUT2D eigenvalue weighted by Crippen LogP contribution is -2.52. The van der Waals surface area contributed by atoms with Gasteiger partial charge in [0.05, 0.1) is 19.1 Å². The highest BCUT2D eigenvalue weighted by Gasteiger charge is 2.33. The summed E-state index contributed by atoms with van der Waals surface area (Å²) in [6.07, 6.45) is 0.794. The minimum Gasteiger partial charge on any atom is -0.497 e. The van der Waals surface area contributed by atoms with Crippen LogP contribution in [0.2, 0.25) is 0 Å². The molecule has 0 aromatic heterocycles. The fourth-order valence-electron chi connectivity index (χ4n) is 3.90. The topological polar surface area (TPSA) is 123 Å². The molecule has 0 spiro atoms. The lowest BCUT2D eigenvalue weighted by atomic mass is 9.90. The summed E-state index contributed by atoms with van der Waals surface area (Å²) in [7, 11) is 1.56. The molecule has 1 aliphatic heterocycles. The second kappa shape index (κ2) is 13.0. The average molecular weight is 499 g/mol. The van der Waals surface area contributed by atoms with E-state index in [4.69, 9.17) is 14.2 Å². The molecular formula is C27H34N2O7. The number of carbonyl (C=O) groups excluding carboxylic acids is 3. The van der Waals surface area contributed by atoms with E-state index in [1.807, 2.05) is 42.5 Å². The number of esters is 1. The van der Waals surface area contributed by atoms with Crippen molar-refractivity contribution < 1.29 is 33.7 Å². The van der Waals surface area contributed by atoms with Crippen molar-refractivity contribution in [2.75, 3.05) is 20.3 Å². The fraction of sp³-hybridized carbons (Fsp3) is 0.444. The second-order valence-corrected chi connectivity index (χ2v) is 9.01. The minimum atomic E-state index is -1.14. The highest BCUT2D eigenvalue weighted by Crippen LogP contribution is 2.24. The maximum absolute atomic E-state index is 12.9. The molecule has 0 aliphatic carbocycles. The van der Waals surface area contributed by atoms with Gasteiger partial charge in [-0.25, -0.2) is 4.79 Å². The Bertz CT molecular complexity index is 1000. The van der Waals surface area contributed by atoms with E-state index < -0.39 is 35.5 Å². The first-order valence-corrected chi connectivity index (χ1v) is 12.0. The number of nitrogens with one attached hydrogen (secondary N) is 2. The predicted molar refractivity (Wildman–Crippen MR) is 132 cm³/mol. The quantitative estimate of drug-likeness (QED) is 0.405. The van der Waals surface area contributed by atoms with Crippen molar-refractivity contribution in [2.45, 2.75) is 56.9 Å². The first kappa shape index (κ1) is 27.2. The lowest BCUT2D eigenvalue weighted by molar-refractivity contribution is -0.149. The van der Waals surface area contributed by atoms with Gasteiger partial charge in [-0.05, 0) is 30.2 Å². The summed E-state index contributed by atoms with van der Waals surface area (Å²) < 4.78 is 15.9. The fourth-order valence-corrected chi connectivity index (χ4v) is 3.90. The summed E-state index contributed by atoms with van der Waals surface area (Å²) in [6.45, 7) is 2.38. The Morgan fingerprint density at radius 2 is 1.67 bits per heavy atom. The zero-order valence-electron chi connectivity index (χ0n) is 20.7. The Morgan fingerprint density at radius 3 is 2.31 bits per heavy atom. The number of hydrogen-bond donors (Lipinski definition) is 3. The molecule has 9 heteroatoms. The normalized spacial score (nSPS) is 16.3. The third-order valence-electron chi connectivity index (χ3n) is 6.11. The number of rotatable bonds is 11. The van der Waals surface area contributed by atoms with E-state index in [9.17, 15) is 19.5 Å². The molecule has 36 heavy (non-hydrogen) atoms. The molecule has 3 N–H and O–H groups in total.